The van der Waals surface area contributed by atoms with E-state index < -0.39 is 21.2 Å². The van der Waals surface area contributed by atoms with Crippen LogP contribution in [0.5, 0.6) is 0 Å². The number of halogens is 1. The van der Waals surface area contributed by atoms with Gasteiger partial charge in [0.2, 0.25) is 9.84 Å². The fourth-order valence-electron chi connectivity index (χ4n) is 2.86. The lowest BCUT2D eigenvalue weighted by Crippen LogP contribution is -2.44. The molecule has 0 fully saturated rings. The van der Waals surface area contributed by atoms with Gasteiger partial charge in [0.1, 0.15) is 5.82 Å². The molecular formula is C16H20FN5O2S. The van der Waals surface area contributed by atoms with Crippen molar-refractivity contribution in [3.63, 3.8) is 0 Å². The average molecular weight is 365 g/mol. The van der Waals surface area contributed by atoms with E-state index in [0.717, 1.165) is 17.8 Å². The van der Waals surface area contributed by atoms with E-state index in [4.69, 9.17) is 5.73 Å². The molecule has 25 heavy (non-hydrogen) atoms. The van der Waals surface area contributed by atoms with Crippen molar-refractivity contribution in [2.24, 2.45) is 5.73 Å². The number of sulfone groups is 1. The number of rotatable bonds is 4. The van der Waals surface area contributed by atoms with Crippen molar-refractivity contribution in [1.29, 1.82) is 0 Å². The van der Waals surface area contributed by atoms with Crippen LogP contribution in [0.15, 0.2) is 40.1 Å². The zero-order valence-corrected chi connectivity index (χ0v) is 15.0. The van der Waals surface area contributed by atoms with Crippen molar-refractivity contribution in [2.75, 3.05) is 24.2 Å². The van der Waals surface area contributed by atoms with Gasteiger partial charge in [-0.15, -0.1) is 5.10 Å². The van der Waals surface area contributed by atoms with Crippen LogP contribution < -0.4 is 16.4 Å². The fraction of sp³-hybridized carbons (Fsp3) is 0.312. The SMILES string of the molecule is CNc1nn2c(c1S(=O)(=O)c1ccc(F)cc1)NC(C)(CN)C=C2C. The molecule has 0 aliphatic carbocycles. The van der Waals surface area contributed by atoms with Crippen LogP contribution in [0.25, 0.3) is 5.70 Å². The topological polar surface area (TPSA) is 102 Å². The Kier molecular flexibility index (Phi) is 4.08. The van der Waals surface area contributed by atoms with E-state index in [1.165, 1.54) is 16.8 Å². The average Bonchev–Trinajstić information content (AvgIpc) is 2.94. The lowest BCUT2D eigenvalue weighted by Gasteiger charge is -2.32. The van der Waals surface area contributed by atoms with E-state index in [-0.39, 0.29) is 22.2 Å². The first-order chi connectivity index (χ1) is 11.7. The Hall–Kier alpha value is -2.39. The summed E-state index contributed by atoms with van der Waals surface area (Å²) in [6.45, 7) is 3.99. The molecule has 0 amide bonds. The molecule has 0 radical (unpaired) electrons. The third-order valence-electron chi connectivity index (χ3n) is 4.16. The predicted octanol–water partition coefficient (Wildman–Crippen LogP) is 1.90. The van der Waals surface area contributed by atoms with Gasteiger partial charge in [-0.2, -0.15) is 0 Å². The number of anilines is 2. The fourth-order valence-corrected chi connectivity index (χ4v) is 4.38. The molecule has 0 saturated heterocycles. The summed E-state index contributed by atoms with van der Waals surface area (Å²) < 4.78 is 41.0. The first-order valence-electron chi connectivity index (χ1n) is 7.71. The highest BCUT2D eigenvalue weighted by atomic mass is 32.2. The second kappa shape index (κ2) is 5.85. The molecule has 1 atom stereocenters. The Labute approximate surface area is 145 Å². The van der Waals surface area contributed by atoms with Crippen LogP contribution >= 0.6 is 0 Å². The number of hydrogen-bond acceptors (Lipinski definition) is 6. The van der Waals surface area contributed by atoms with Gasteiger partial charge in [-0.3, -0.25) is 0 Å². The number of nitrogens with two attached hydrogens (primary N) is 1. The summed E-state index contributed by atoms with van der Waals surface area (Å²) >= 11 is 0. The summed E-state index contributed by atoms with van der Waals surface area (Å²) in [7, 11) is -2.33. The monoisotopic (exact) mass is 365 g/mol. The first-order valence-corrected chi connectivity index (χ1v) is 9.20. The van der Waals surface area contributed by atoms with Crippen LogP contribution in [-0.4, -0.2) is 37.3 Å². The highest BCUT2D eigenvalue weighted by Gasteiger charge is 2.36. The van der Waals surface area contributed by atoms with Crippen LogP contribution in [-0.2, 0) is 9.84 Å². The van der Waals surface area contributed by atoms with Crippen LogP contribution in [0.1, 0.15) is 13.8 Å². The van der Waals surface area contributed by atoms with Gasteiger partial charge in [-0.1, -0.05) is 0 Å². The van der Waals surface area contributed by atoms with Gasteiger partial charge in [0.15, 0.2) is 16.5 Å². The Bertz CT molecular complexity index is 950. The van der Waals surface area contributed by atoms with Crippen molar-refractivity contribution < 1.29 is 12.8 Å². The van der Waals surface area contributed by atoms with Gasteiger partial charge in [0, 0.05) is 19.3 Å². The molecule has 1 aromatic carbocycles. The summed E-state index contributed by atoms with van der Waals surface area (Å²) in [5.74, 6) is 0.0416. The number of allylic oxidation sites excluding steroid dienone is 1. The second-order valence-electron chi connectivity index (χ2n) is 6.18. The van der Waals surface area contributed by atoms with Crippen molar-refractivity contribution in [1.82, 2.24) is 9.78 Å². The van der Waals surface area contributed by atoms with Gasteiger partial charge in [-0.05, 0) is 44.2 Å². The maximum absolute atomic E-state index is 13.2. The molecule has 1 aromatic heterocycles. The van der Waals surface area contributed by atoms with E-state index in [9.17, 15) is 12.8 Å². The Morgan fingerprint density at radius 3 is 2.56 bits per heavy atom. The third kappa shape index (κ3) is 2.79. The third-order valence-corrected chi connectivity index (χ3v) is 5.98. The molecule has 0 bridgehead atoms. The van der Waals surface area contributed by atoms with E-state index in [1.807, 2.05) is 19.9 Å². The molecular weight excluding hydrogens is 345 g/mol. The Morgan fingerprint density at radius 2 is 2.00 bits per heavy atom. The molecule has 134 valence electrons. The molecule has 1 aliphatic rings. The number of aromatic nitrogens is 2. The van der Waals surface area contributed by atoms with Crippen molar-refractivity contribution in [3.05, 3.63) is 36.2 Å². The minimum atomic E-state index is -3.92. The second-order valence-corrected chi connectivity index (χ2v) is 8.06. The number of benzene rings is 1. The smallest absolute Gasteiger partial charge is 0.213 e. The van der Waals surface area contributed by atoms with E-state index in [0.29, 0.717) is 5.82 Å². The largest absolute Gasteiger partial charge is 0.370 e. The lowest BCUT2D eigenvalue weighted by molar-refractivity contribution is 0.592. The number of nitrogens with one attached hydrogen (secondary N) is 2. The Morgan fingerprint density at radius 1 is 1.36 bits per heavy atom. The molecule has 2 heterocycles. The quantitative estimate of drug-likeness (QED) is 0.715. The van der Waals surface area contributed by atoms with Crippen LogP contribution in [0.2, 0.25) is 0 Å². The molecule has 4 N–H and O–H groups in total. The summed E-state index contributed by atoms with van der Waals surface area (Å²) in [5.41, 5.74) is 6.00. The van der Waals surface area contributed by atoms with Crippen LogP contribution in [0, 0.1) is 5.82 Å². The molecule has 0 saturated carbocycles. The predicted molar refractivity (Wildman–Crippen MR) is 94.7 cm³/mol. The first kappa shape index (κ1) is 17.4. The van der Waals surface area contributed by atoms with Gasteiger partial charge in [-0.25, -0.2) is 17.5 Å². The summed E-state index contributed by atoms with van der Waals surface area (Å²) in [6, 6.07) is 4.71. The normalized spacial score (nSPS) is 19.8. The summed E-state index contributed by atoms with van der Waals surface area (Å²) in [6.07, 6.45) is 1.90. The summed E-state index contributed by atoms with van der Waals surface area (Å²) in [5, 5.41) is 10.3. The van der Waals surface area contributed by atoms with Crippen molar-refractivity contribution in [3.8, 4) is 0 Å². The summed E-state index contributed by atoms with van der Waals surface area (Å²) in [4.78, 5) is -0.00149. The zero-order chi connectivity index (χ0) is 18.4. The van der Waals surface area contributed by atoms with Crippen LogP contribution in [0.4, 0.5) is 16.0 Å². The molecule has 1 unspecified atom stereocenters. The molecule has 7 nitrogen and oxygen atoms in total. The zero-order valence-electron chi connectivity index (χ0n) is 14.2. The molecule has 2 aromatic rings. The molecule has 9 heteroatoms. The minimum Gasteiger partial charge on any atom is -0.370 e. The van der Waals surface area contributed by atoms with Crippen molar-refractivity contribution >= 4 is 27.2 Å². The lowest BCUT2D eigenvalue weighted by atomic mass is 10.00. The molecule has 1 aliphatic heterocycles. The van der Waals surface area contributed by atoms with Gasteiger partial charge >= 0.3 is 0 Å². The van der Waals surface area contributed by atoms with Gasteiger partial charge in [0.05, 0.1) is 10.4 Å². The number of hydrogen-bond donors (Lipinski definition) is 3. The standard InChI is InChI=1S/C16H20FN5O2S/c1-10-8-16(2,9-18)20-15-13(14(19-3)21-22(10)15)25(23,24)12-6-4-11(17)5-7-12/h4-8,20H,9,18H2,1-3H3,(H,19,21). The highest BCUT2D eigenvalue weighted by molar-refractivity contribution is 7.91. The minimum absolute atomic E-state index is 0.00809. The number of nitrogens with zero attached hydrogens (tertiary/aromatic N) is 2. The highest BCUT2D eigenvalue weighted by Crippen LogP contribution is 2.39. The van der Waals surface area contributed by atoms with E-state index in [2.05, 4.69) is 15.7 Å². The Balaban J connectivity index is 2.24. The van der Waals surface area contributed by atoms with Crippen LogP contribution in [0.3, 0.4) is 0 Å². The van der Waals surface area contributed by atoms with E-state index in [1.54, 1.807) is 7.05 Å². The maximum Gasteiger partial charge on any atom is 0.213 e. The molecule has 0 spiro atoms. The number of fused-ring (bicyclic) bond motifs is 1. The maximum atomic E-state index is 13.2. The van der Waals surface area contributed by atoms with Gasteiger partial charge < -0.3 is 16.4 Å². The van der Waals surface area contributed by atoms with Crippen molar-refractivity contribution in [2.45, 2.75) is 29.2 Å². The van der Waals surface area contributed by atoms with Gasteiger partial charge in [0.25, 0.3) is 0 Å². The molecule has 3 rings (SSSR count). The van der Waals surface area contributed by atoms with E-state index >= 15 is 0 Å².